The van der Waals surface area contributed by atoms with E-state index in [2.05, 4.69) is 15.9 Å². The van der Waals surface area contributed by atoms with E-state index in [0.29, 0.717) is 0 Å². The first kappa shape index (κ1) is 9.33. The lowest BCUT2D eigenvalue weighted by molar-refractivity contribution is 0.324. The fourth-order valence-corrected chi connectivity index (χ4v) is 2.96. The summed E-state index contributed by atoms with van der Waals surface area (Å²) in [6.45, 7) is 1.46. The Kier molecular flexibility index (Phi) is 2.06. The third-order valence-corrected chi connectivity index (χ3v) is 3.73. The Hall–Kier alpha value is -0.900. The zero-order valence-electron chi connectivity index (χ0n) is 8.43. The highest BCUT2D eigenvalue weighted by atomic mass is 79.9. The van der Waals surface area contributed by atoms with Crippen molar-refractivity contribution < 1.29 is 14.2 Å². The van der Waals surface area contributed by atoms with Gasteiger partial charge in [0.25, 0.3) is 0 Å². The van der Waals surface area contributed by atoms with Crippen LogP contribution >= 0.6 is 15.9 Å². The molecule has 0 amide bonds. The number of fused-ring (bicyclic) bond motifs is 2. The number of rotatable bonds is 1. The van der Waals surface area contributed by atoms with Gasteiger partial charge in [-0.3, -0.25) is 0 Å². The van der Waals surface area contributed by atoms with Crippen LogP contribution in [0, 0.1) is 0 Å². The van der Waals surface area contributed by atoms with Gasteiger partial charge in [-0.25, -0.2) is 0 Å². The highest BCUT2D eigenvalue weighted by molar-refractivity contribution is 9.10. The van der Waals surface area contributed by atoms with Gasteiger partial charge in [0.15, 0.2) is 11.5 Å². The summed E-state index contributed by atoms with van der Waals surface area (Å²) in [6, 6.07) is 0. The Morgan fingerprint density at radius 2 is 1.73 bits per heavy atom. The fraction of sp³-hybridized carbons (Fsp3) is 0.455. The van der Waals surface area contributed by atoms with E-state index in [0.717, 1.165) is 53.3 Å². The van der Waals surface area contributed by atoms with E-state index in [9.17, 15) is 0 Å². The second-order valence-corrected chi connectivity index (χ2v) is 4.45. The van der Waals surface area contributed by atoms with Crippen molar-refractivity contribution in [2.45, 2.75) is 12.8 Å². The molecule has 80 valence electrons. The van der Waals surface area contributed by atoms with Crippen LogP contribution < -0.4 is 14.2 Å². The molecule has 1 aromatic rings. The summed E-state index contributed by atoms with van der Waals surface area (Å²) in [5.74, 6) is 2.70. The molecule has 2 heterocycles. The van der Waals surface area contributed by atoms with Crippen molar-refractivity contribution in [1.29, 1.82) is 0 Å². The van der Waals surface area contributed by atoms with Crippen LogP contribution in [0.15, 0.2) is 4.47 Å². The van der Waals surface area contributed by atoms with Crippen LogP contribution in [0.25, 0.3) is 0 Å². The van der Waals surface area contributed by atoms with Crippen LogP contribution in [0.2, 0.25) is 0 Å². The largest absolute Gasteiger partial charge is 0.492 e. The van der Waals surface area contributed by atoms with E-state index in [4.69, 9.17) is 14.2 Å². The summed E-state index contributed by atoms with van der Waals surface area (Å²) < 4.78 is 17.7. The standard InChI is InChI=1S/C11H11BrO3/c1-13-10-7-3-5-14-9(7)8(12)6-2-4-15-11(6)10/h2-5H2,1H3. The van der Waals surface area contributed by atoms with E-state index < -0.39 is 0 Å². The summed E-state index contributed by atoms with van der Waals surface area (Å²) in [6.07, 6.45) is 1.82. The van der Waals surface area contributed by atoms with Crippen LogP contribution in [0.5, 0.6) is 17.2 Å². The van der Waals surface area contributed by atoms with Crippen molar-refractivity contribution in [2.75, 3.05) is 20.3 Å². The second-order valence-electron chi connectivity index (χ2n) is 3.66. The van der Waals surface area contributed by atoms with Crippen molar-refractivity contribution in [2.24, 2.45) is 0 Å². The summed E-state index contributed by atoms with van der Waals surface area (Å²) in [7, 11) is 1.68. The normalized spacial score (nSPS) is 16.7. The third kappa shape index (κ3) is 1.17. The molecular formula is C11H11BrO3. The number of ether oxygens (including phenoxy) is 3. The average Bonchev–Trinajstić information content (AvgIpc) is 2.85. The second kappa shape index (κ2) is 3.30. The molecule has 0 unspecified atom stereocenters. The molecule has 0 saturated heterocycles. The maximum absolute atomic E-state index is 5.62. The lowest BCUT2D eigenvalue weighted by atomic mass is 10.1. The van der Waals surface area contributed by atoms with Crippen molar-refractivity contribution in [3.8, 4) is 17.2 Å². The lowest BCUT2D eigenvalue weighted by Crippen LogP contribution is -1.94. The molecule has 0 atom stereocenters. The van der Waals surface area contributed by atoms with Crippen molar-refractivity contribution in [1.82, 2.24) is 0 Å². The van der Waals surface area contributed by atoms with E-state index in [1.54, 1.807) is 7.11 Å². The van der Waals surface area contributed by atoms with E-state index in [-0.39, 0.29) is 0 Å². The monoisotopic (exact) mass is 270 g/mol. The first-order valence-corrected chi connectivity index (χ1v) is 5.79. The molecular weight excluding hydrogens is 260 g/mol. The van der Waals surface area contributed by atoms with Crippen LogP contribution in [-0.2, 0) is 12.8 Å². The summed E-state index contributed by atoms with van der Waals surface area (Å²) in [5.41, 5.74) is 2.30. The Morgan fingerprint density at radius 3 is 2.47 bits per heavy atom. The summed E-state index contributed by atoms with van der Waals surface area (Å²) >= 11 is 3.59. The molecule has 0 N–H and O–H groups in total. The van der Waals surface area contributed by atoms with E-state index in [1.807, 2.05) is 0 Å². The minimum Gasteiger partial charge on any atom is -0.492 e. The molecule has 0 bridgehead atoms. The number of benzene rings is 1. The van der Waals surface area contributed by atoms with Gasteiger partial charge in [-0.15, -0.1) is 0 Å². The molecule has 1 aromatic carbocycles. The summed E-state index contributed by atoms with van der Waals surface area (Å²) in [5, 5.41) is 0. The number of hydrogen-bond acceptors (Lipinski definition) is 3. The predicted octanol–water partition coefficient (Wildman–Crippen LogP) is 2.33. The van der Waals surface area contributed by atoms with Gasteiger partial charge in [0.2, 0.25) is 0 Å². The first-order valence-electron chi connectivity index (χ1n) is 4.99. The summed E-state index contributed by atoms with van der Waals surface area (Å²) in [4.78, 5) is 0. The zero-order chi connectivity index (χ0) is 10.4. The molecule has 15 heavy (non-hydrogen) atoms. The minimum absolute atomic E-state index is 0.729. The minimum atomic E-state index is 0.729. The molecule has 2 aliphatic rings. The smallest absolute Gasteiger partial charge is 0.168 e. The van der Waals surface area contributed by atoms with Gasteiger partial charge in [0.05, 0.1) is 24.8 Å². The molecule has 0 aliphatic carbocycles. The van der Waals surface area contributed by atoms with Gasteiger partial charge in [-0.05, 0) is 15.9 Å². The Bertz CT molecular complexity index is 393. The van der Waals surface area contributed by atoms with Gasteiger partial charge < -0.3 is 14.2 Å². The molecule has 3 nitrogen and oxygen atoms in total. The van der Waals surface area contributed by atoms with Crippen LogP contribution in [0.4, 0.5) is 0 Å². The molecule has 0 fully saturated rings. The quantitative estimate of drug-likeness (QED) is 0.784. The van der Waals surface area contributed by atoms with E-state index in [1.165, 1.54) is 5.56 Å². The Balaban J connectivity index is 2.31. The van der Waals surface area contributed by atoms with Crippen molar-refractivity contribution in [3.63, 3.8) is 0 Å². The molecule has 0 radical (unpaired) electrons. The Morgan fingerprint density at radius 1 is 1.07 bits per heavy atom. The number of methoxy groups -OCH3 is 1. The highest BCUT2D eigenvalue weighted by Crippen LogP contribution is 2.50. The third-order valence-electron chi connectivity index (χ3n) is 2.89. The topological polar surface area (TPSA) is 27.7 Å². The molecule has 0 saturated carbocycles. The van der Waals surface area contributed by atoms with Gasteiger partial charge in [-0.1, -0.05) is 0 Å². The Labute approximate surface area is 96.5 Å². The maximum atomic E-state index is 5.62. The van der Waals surface area contributed by atoms with Gasteiger partial charge in [0.1, 0.15) is 5.75 Å². The highest BCUT2D eigenvalue weighted by Gasteiger charge is 2.31. The van der Waals surface area contributed by atoms with Crippen LogP contribution in [0.3, 0.4) is 0 Å². The number of halogens is 1. The molecule has 0 spiro atoms. The molecule has 0 aromatic heterocycles. The average molecular weight is 271 g/mol. The van der Waals surface area contributed by atoms with E-state index >= 15 is 0 Å². The number of hydrogen-bond donors (Lipinski definition) is 0. The molecule has 2 aliphatic heterocycles. The van der Waals surface area contributed by atoms with Crippen molar-refractivity contribution >= 4 is 15.9 Å². The van der Waals surface area contributed by atoms with Gasteiger partial charge in [0, 0.05) is 24.0 Å². The lowest BCUT2D eigenvalue weighted by Gasteiger charge is -2.13. The SMILES string of the molecule is COc1c2c(c(Br)c3c1OCC3)OCC2. The predicted molar refractivity (Wildman–Crippen MR) is 59.1 cm³/mol. The van der Waals surface area contributed by atoms with Crippen LogP contribution in [0.1, 0.15) is 11.1 Å². The van der Waals surface area contributed by atoms with Crippen LogP contribution in [-0.4, -0.2) is 20.3 Å². The molecule has 3 rings (SSSR count). The van der Waals surface area contributed by atoms with Crippen molar-refractivity contribution in [3.05, 3.63) is 15.6 Å². The zero-order valence-corrected chi connectivity index (χ0v) is 10.0. The van der Waals surface area contributed by atoms with Gasteiger partial charge >= 0.3 is 0 Å². The van der Waals surface area contributed by atoms with Gasteiger partial charge in [-0.2, -0.15) is 0 Å². The fourth-order valence-electron chi connectivity index (χ4n) is 2.23. The molecule has 4 heteroatoms. The maximum Gasteiger partial charge on any atom is 0.168 e. The first-order chi connectivity index (χ1) is 7.33.